The van der Waals surface area contributed by atoms with E-state index >= 15 is 0 Å². The van der Waals surface area contributed by atoms with Gasteiger partial charge in [-0.15, -0.1) is 0 Å². The van der Waals surface area contributed by atoms with E-state index in [0.717, 1.165) is 25.1 Å². The first-order valence-corrected chi connectivity index (χ1v) is 11.6. The second kappa shape index (κ2) is 13.6. The van der Waals surface area contributed by atoms with E-state index in [1.54, 1.807) is 0 Å². The second-order valence-corrected chi connectivity index (χ2v) is 9.10. The number of guanidine groups is 1. The molecule has 0 radical (unpaired) electrons. The first-order chi connectivity index (χ1) is 12.9. The molecule has 2 N–H and O–H groups in total. The fourth-order valence-corrected chi connectivity index (χ4v) is 3.79. The monoisotopic (exact) mass is 397 g/mol. The summed E-state index contributed by atoms with van der Waals surface area (Å²) >= 11 is 0. The smallest absolute Gasteiger partial charge is 0.191 e. The van der Waals surface area contributed by atoms with Crippen LogP contribution >= 0.6 is 0 Å². The Balaban J connectivity index is 2.29. The highest BCUT2D eigenvalue weighted by Gasteiger charge is 2.11. The van der Waals surface area contributed by atoms with Crippen LogP contribution in [0.1, 0.15) is 39.2 Å². The number of sulfone groups is 1. The van der Waals surface area contributed by atoms with Crippen LogP contribution in [0.4, 0.5) is 0 Å². The van der Waals surface area contributed by atoms with Crippen LogP contribution in [0.15, 0.2) is 35.3 Å². The molecule has 0 atom stereocenters. The first kappa shape index (κ1) is 23.4. The maximum atomic E-state index is 12.2. The summed E-state index contributed by atoms with van der Waals surface area (Å²) in [5.41, 5.74) is 0.827. The summed E-state index contributed by atoms with van der Waals surface area (Å²) in [4.78, 5) is 4.44. The van der Waals surface area contributed by atoms with E-state index in [9.17, 15) is 8.42 Å². The molecule has 0 aliphatic carbocycles. The van der Waals surface area contributed by atoms with Crippen LogP contribution in [0, 0.1) is 5.92 Å². The predicted octanol–water partition coefficient (Wildman–Crippen LogP) is 2.61. The van der Waals surface area contributed by atoms with Gasteiger partial charge in [0.1, 0.15) is 0 Å². The Labute approximate surface area is 164 Å². The fourth-order valence-electron chi connectivity index (χ4n) is 2.38. The topological polar surface area (TPSA) is 79.8 Å². The number of hydrogen-bond donors (Lipinski definition) is 2. The van der Waals surface area contributed by atoms with Crippen LogP contribution in [0.5, 0.6) is 0 Å². The van der Waals surface area contributed by atoms with Crippen molar-refractivity contribution < 1.29 is 13.2 Å². The minimum atomic E-state index is -3.11. The van der Waals surface area contributed by atoms with Gasteiger partial charge in [0.05, 0.1) is 18.1 Å². The van der Waals surface area contributed by atoms with Gasteiger partial charge in [-0.1, -0.05) is 44.2 Å². The van der Waals surface area contributed by atoms with Crippen molar-refractivity contribution in [2.45, 2.75) is 39.4 Å². The number of rotatable bonds is 13. The third-order valence-electron chi connectivity index (χ3n) is 3.84. The molecule has 1 rings (SSSR count). The highest BCUT2D eigenvalue weighted by atomic mass is 32.2. The lowest BCUT2D eigenvalue weighted by Gasteiger charge is -2.12. The van der Waals surface area contributed by atoms with Gasteiger partial charge >= 0.3 is 0 Å². The Morgan fingerprint density at radius 2 is 1.89 bits per heavy atom. The van der Waals surface area contributed by atoms with Crippen LogP contribution in [0.25, 0.3) is 0 Å². The molecule has 7 heteroatoms. The van der Waals surface area contributed by atoms with E-state index in [1.807, 2.05) is 37.3 Å². The van der Waals surface area contributed by atoms with Gasteiger partial charge < -0.3 is 15.4 Å². The molecule has 0 aliphatic heterocycles. The quantitative estimate of drug-likeness (QED) is 0.304. The van der Waals surface area contributed by atoms with Crippen molar-refractivity contribution in [2.24, 2.45) is 10.9 Å². The molecule has 1 aromatic carbocycles. The van der Waals surface area contributed by atoms with Crippen LogP contribution in [-0.2, 0) is 20.3 Å². The lowest BCUT2D eigenvalue weighted by molar-refractivity contribution is 0.128. The van der Waals surface area contributed by atoms with Crippen molar-refractivity contribution in [3.63, 3.8) is 0 Å². The largest absolute Gasteiger partial charge is 0.380 e. The molecular weight excluding hydrogens is 362 g/mol. The van der Waals surface area contributed by atoms with Gasteiger partial charge in [-0.3, -0.25) is 4.99 Å². The summed E-state index contributed by atoms with van der Waals surface area (Å²) in [5, 5.41) is 6.37. The van der Waals surface area contributed by atoms with E-state index in [-0.39, 0.29) is 11.5 Å². The maximum absolute atomic E-state index is 12.2. The summed E-state index contributed by atoms with van der Waals surface area (Å²) in [5.74, 6) is 1.58. The van der Waals surface area contributed by atoms with Gasteiger partial charge in [-0.2, -0.15) is 0 Å². The van der Waals surface area contributed by atoms with Gasteiger partial charge in [0, 0.05) is 26.2 Å². The number of aliphatic imine (C=N–C) groups is 1. The molecule has 0 bridgehead atoms. The van der Waals surface area contributed by atoms with Gasteiger partial charge in [0.2, 0.25) is 0 Å². The standard InChI is InChI=1S/C20H35N3O3S/c1-4-21-20(23-13-15-26-14-11-18(2)3)22-12-8-16-27(24,25)17-19-9-6-5-7-10-19/h5-7,9-10,18H,4,8,11-17H2,1-3H3,(H2,21,22,23). The van der Waals surface area contributed by atoms with Gasteiger partial charge in [-0.05, 0) is 31.2 Å². The zero-order valence-corrected chi connectivity index (χ0v) is 17.7. The van der Waals surface area contributed by atoms with E-state index in [4.69, 9.17) is 4.74 Å². The summed E-state index contributed by atoms with van der Waals surface area (Å²) in [6.45, 7) is 9.66. The Morgan fingerprint density at radius 1 is 1.15 bits per heavy atom. The average molecular weight is 398 g/mol. The molecule has 0 saturated heterocycles. The third kappa shape index (κ3) is 12.4. The number of benzene rings is 1. The lowest BCUT2D eigenvalue weighted by Crippen LogP contribution is -2.39. The second-order valence-electron chi connectivity index (χ2n) is 6.91. The number of nitrogens with one attached hydrogen (secondary N) is 2. The van der Waals surface area contributed by atoms with Crippen LogP contribution < -0.4 is 10.6 Å². The third-order valence-corrected chi connectivity index (χ3v) is 5.52. The summed E-state index contributed by atoms with van der Waals surface area (Å²) in [7, 11) is -3.11. The van der Waals surface area contributed by atoms with Crippen molar-refractivity contribution in [2.75, 3.05) is 38.6 Å². The van der Waals surface area contributed by atoms with Crippen molar-refractivity contribution >= 4 is 15.8 Å². The molecule has 0 amide bonds. The Kier molecular flexibility index (Phi) is 11.8. The highest BCUT2D eigenvalue weighted by Crippen LogP contribution is 2.07. The minimum absolute atomic E-state index is 0.0869. The van der Waals surface area contributed by atoms with E-state index in [1.165, 1.54) is 0 Å². The highest BCUT2D eigenvalue weighted by molar-refractivity contribution is 7.90. The average Bonchev–Trinajstić information content (AvgIpc) is 2.61. The molecule has 27 heavy (non-hydrogen) atoms. The first-order valence-electron chi connectivity index (χ1n) is 9.77. The molecule has 154 valence electrons. The van der Waals surface area contributed by atoms with Gasteiger partial charge in [0.25, 0.3) is 0 Å². The molecule has 0 spiro atoms. The zero-order valence-electron chi connectivity index (χ0n) is 16.9. The lowest BCUT2D eigenvalue weighted by atomic mass is 10.1. The van der Waals surface area contributed by atoms with E-state index < -0.39 is 9.84 Å². The SMILES string of the molecule is CCNC(=NCCCS(=O)(=O)Cc1ccccc1)NCCOCCC(C)C. The van der Waals surface area contributed by atoms with Crippen LogP contribution in [0.2, 0.25) is 0 Å². The molecule has 6 nitrogen and oxygen atoms in total. The van der Waals surface area contributed by atoms with Crippen molar-refractivity contribution in [1.82, 2.24) is 10.6 Å². The zero-order chi connectivity index (χ0) is 20.0. The Morgan fingerprint density at radius 3 is 2.56 bits per heavy atom. The maximum Gasteiger partial charge on any atom is 0.191 e. The van der Waals surface area contributed by atoms with Crippen molar-refractivity contribution in [1.29, 1.82) is 0 Å². The van der Waals surface area contributed by atoms with Gasteiger partial charge in [0.15, 0.2) is 15.8 Å². The van der Waals surface area contributed by atoms with E-state index in [2.05, 4.69) is 29.5 Å². The number of ether oxygens (including phenoxy) is 1. The fraction of sp³-hybridized carbons (Fsp3) is 0.650. The Bertz CT molecular complexity index is 631. The molecule has 0 fully saturated rings. The van der Waals surface area contributed by atoms with Crippen molar-refractivity contribution in [3.8, 4) is 0 Å². The summed E-state index contributed by atoms with van der Waals surface area (Å²) < 4.78 is 30.0. The minimum Gasteiger partial charge on any atom is -0.380 e. The molecule has 1 aromatic rings. The molecular formula is C20H35N3O3S. The molecule has 0 saturated carbocycles. The van der Waals surface area contributed by atoms with Crippen molar-refractivity contribution in [3.05, 3.63) is 35.9 Å². The number of hydrogen-bond acceptors (Lipinski definition) is 4. The molecule has 0 aromatic heterocycles. The Hall–Kier alpha value is -1.60. The van der Waals surface area contributed by atoms with E-state index in [0.29, 0.717) is 38.0 Å². The van der Waals surface area contributed by atoms with Gasteiger partial charge in [-0.25, -0.2) is 8.42 Å². The number of nitrogens with zero attached hydrogens (tertiary/aromatic N) is 1. The molecule has 0 unspecified atom stereocenters. The molecule has 0 aliphatic rings. The summed E-state index contributed by atoms with van der Waals surface area (Å²) in [6.07, 6.45) is 1.57. The molecule has 0 heterocycles. The summed E-state index contributed by atoms with van der Waals surface area (Å²) in [6, 6.07) is 9.28. The predicted molar refractivity (Wildman–Crippen MR) is 113 cm³/mol. The normalized spacial score (nSPS) is 12.4. The van der Waals surface area contributed by atoms with Crippen LogP contribution in [-0.4, -0.2) is 53.0 Å². The van der Waals surface area contributed by atoms with Crippen LogP contribution in [0.3, 0.4) is 0 Å².